The third kappa shape index (κ3) is 7.54. The zero-order valence-corrected chi connectivity index (χ0v) is 37.9. The zero-order chi connectivity index (χ0) is 46.0. The van der Waals surface area contributed by atoms with Crippen LogP contribution in [0.2, 0.25) is 0 Å². The molecule has 0 amide bonds. The second kappa shape index (κ2) is 18.3. The number of hydrogen-bond donors (Lipinski definition) is 2. The molecular formula is C64H50O4. The molecule has 11 rings (SSSR count). The SMILES string of the molecule is CC(c1ccccc1)(c1cc(-c2cccc3ccccc23)c(OCCO)c(-c2cccc3ccccc23)c1)c1cc(-c2cccc3ccccc23)c(OCCO)c(-c2cccc3ccccc23)c1. The van der Waals surface area contributed by atoms with Crippen molar-refractivity contribution in [1.82, 2.24) is 0 Å². The molecule has 330 valence electrons. The number of hydrogen-bond acceptors (Lipinski definition) is 4. The van der Waals surface area contributed by atoms with Gasteiger partial charge in [0.1, 0.15) is 24.7 Å². The van der Waals surface area contributed by atoms with Crippen LogP contribution >= 0.6 is 0 Å². The van der Waals surface area contributed by atoms with Crippen molar-refractivity contribution in [3.63, 3.8) is 0 Å². The Morgan fingerprint density at radius 1 is 0.309 bits per heavy atom. The molecule has 0 spiro atoms. The molecule has 0 radical (unpaired) electrons. The Balaban J connectivity index is 1.30. The van der Waals surface area contributed by atoms with Crippen LogP contribution in [-0.2, 0) is 5.41 Å². The van der Waals surface area contributed by atoms with Crippen molar-refractivity contribution >= 4 is 43.1 Å². The molecule has 0 aromatic heterocycles. The van der Waals surface area contributed by atoms with E-state index in [4.69, 9.17) is 9.47 Å². The summed E-state index contributed by atoms with van der Waals surface area (Å²) in [7, 11) is 0. The summed E-state index contributed by atoms with van der Waals surface area (Å²) >= 11 is 0. The summed E-state index contributed by atoms with van der Waals surface area (Å²) < 4.78 is 13.6. The molecule has 0 saturated heterocycles. The molecular weight excluding hydrogens is 833 g/mol. The van der Waals surface area contributed by atoms with Gasteiger partial charge >= 0.3 is 0 Å². The van der Waals surface area contributed by atoms with E-state index in [1.807, 2.05) is 0 Å². The maximum atomic E-state index is 10.4. The minimum Gasteiger partial charge on any atom is -0.490 e. The number of rotatable bonds is 13. The maximum Gasteiger partial charge on any atom is 0.135 e. The quantitative estimate of drug-likeness (QED) is 0.113. The summed E-state index contributed by atoms with van der Waals surface area (Å²) in [5.74, 6) is 1.43. The fraction of sp³-hybridized carbons (Fsp3) is 0.0938. The lowest BCUT2D eigenvalue weighted by molar-refractivity contribution is 0.202. The Bertz CT molecular complexity index is 3190. The summed E-state index contributed by atoms with van der Waals surface area (Å²) in [5, 5.41) is 29.7. The van der Waals surface area contributed by atoms with Crippen molar-refractivity contribution in [3.8, 4) is 56.0 Å². The molecule has 0 aliphatic heterocycles. The van der Waals surface area contributed by atoms with Crippen molar-refractivity contribution in [2.45, 2.75) is 12.3 Å². The van der Waals surface area contributed by atoms with Gasteiger partial charge in [0.05, 0.1) is 13.2 Å². The van der Waals surface area contributed by atoms with Gasteiger partial charge in [0, 0.05) is 27.7 Å². The Morgan fingerprint density at radius 2 is 0.588 bits per heavy atom. The summed E-state index contributed by atoms with van der Waals surface area (Å²) in [4.78, 5) is 0. The van der Waals surface area contributed by atoms with Crippen LogP contribution in [0.25, 0.3) is 87.6 Å². The van der Waals surface area contributed by atoms with Gasteiger partial charge in [-0.25, -0.2) is 0 Å². The molecule has 0 saturated carbocycles. The van der Waals surface area contributed by atoms with E-state index in [9.17, 15) is 10.2 Å². The highest BCUT2D eigenvalue weighted by Gasteiger charge is 2.36. The van der Waals surface area contributed by atoms with Gasteiger partial charge in [-0.3, -0.25) is 0 Å². The van der Waals surface area contributed by atoms with E-state index in [1.165, 1.54) is 0 Å². The lowest BCUT2D eigenvalue weighted by atomic mass is 9.68. The summed E-state index contributed by atoms with van der Waals surface area (Å²) in [5.41, 5.74) is 10.3. The molecule has 4 heteroatoms. The molecule has 11 aromatic rings. The summed E-state index contributed by atoms with van der Waals surface area (Å²) in [6.07, 6.45) is 0. The first-order chi connectivity index (χ1) is 33.5. The van der Waals surface area contributed by atoms with Crippen molar-refractivity contribution in [2.75, 3.05) is 26.4 Å². The highest BCUT2D eigenvalue weighted by atomic mass is 16.5. The average molecular weight is 883 g/mol. The summed E-state index contributed by atoms with van der Waals surface area (Å²) in [6.45, 7) is 2.33. The first-order valence-electron chi connectivity index (χ1n) is 23.4. The van der Waals surface area contributed by atoms with Gasteiger partial charge in [-0.15, -0.1) is 0 Å². The topological polar surface area (TPSA) is 58.9 Å². The van der Waals surface area contributed by atoms with Gasteiger partial charge in [0.2, 0.25) is 0 Å². The Kier molecular flexibility index (Phi) is 11.5. The van der Waals surface area contributed by atoms with Crippen molar-refractivity contribution in [3.05, 3.63) is 241 Å². The first kappa shape index (κ1) is 42.6. The summed E-state index contributed by atoms with van der Waals surface area (Å²) in [6, 6.07) is 79.9. The molecule has 0 heterocycles. The number of aliphatic hydroxyl groups excluding tert-OH is 2. The second-order valence-electron chi connectivity index (χ2n) is 17.5. The fourth-order valence-corrected chi connectivity index (χ4v) is 10.4. The highest BCUT2D eigenvalue weighted by Crippen LogP contribution is 2.52. The third-order valence-electron chi connectivity index (χ3n) is 13.7. The Morgan fingerprint density at radius 3 is 0.897 bits per heavy atom. The van der Waals surface area contributed by atoms with Crippen molar-refractivity contribution in [1.29, 1.82) is 0 Å². The van der Waals surface area contributed by atoms with E-state index >= 15 is 0 Å². The highest BCUT2D eigenvalue weighted by molar-refractivity contribution is 6.05. The van der Waals surface area contributed by atoms with Crippen molar-refractivity contribution in [2.24, 2.45) is 0 Å². The van der Waals surface area contributed by atoms with Crippen LogP contribution in [0.3, 0.4) is 0 Å². The largest absolute Gasteiger partial charge is 0.490 e. The van der Waals surface area contributed by atoms with Crippen LogP contribution < -0.4 is 9.47 Å². The van der Waals surface area contributed by atoms with Crippen LogP contribution in [0.4, 0.5) is 0 Å². The molecule has 0 fully saturated rings. The van der Waals surface area contributed by atoms with E-state index in [0.29, 0.717) is 11.5 Å². The van der Waals surface area contributed by atoms with Gasteiger partial charge in [-0.1, -0.05) is 200 Å². The zero-order valence-electron chi connectivity index (χ0n) is 37.9. The number of ether oxygens (including phenoxy) is 2. The molecule has 11 aromatic carbocycles. The predicted octanol–water partition coefficient (Wildman–Crippen LogP) is 15.1. The van der Waals surface area contributed by atoms with Crippen LogP contribution in [0.5, 0.6) is 11.5 Å². The molecule has 0 aliphatic rings. The van der Waals surface area contributed by atoms with Gasteiger partial charge in [0.15, 0.2) is 0 Å². The van der Waals surface area contributed by atoms with Crippen LogP contribution in [-0.4, -0.2) is 36.6 Å². The first-order valence-corrected chi connectivity index (χ1v) is 23.4. The molecule has 4 nitrogen and oxygen atoms in total. The van der Waals surface area contributed by atoms with Gasteiger partial charge in [-0.05, 0) is 113 Å². The standard InChI is InChI=1S/C64H50O4/c1-64(47-25-3-2-4-26-47,48-39-58(54-31-13-21-43-17-5-9-27-50(43)54)62(67-37-35-65)59(40-48)55-32-14-22-44-18-6-10-28-51(44)55)49-41-60(56-33-15-23-45-19-7-11-29-52(45)56)63(68-38-36-66)61(42-49)57-34-16-24-46-20-8-12-30-53(46)57/h2-34,39-42,65-66H,35-38H2,1H3. The monoisotopic (exact) mass is 882 g/mol. The molecule has 2 N–H and O–H groups in total. The molecule has 68 heavy (non-hydrogen) atoms. The van der Waals surface area contributed by atoms with Crippen LogP contribution in [0.1, 0.15) is 23.6 Å². The second-order valence-corrected chi connectivity index (χ2v) is 17.5. The normalized spacial score (nSPS) is 11.7. The Labute approximate surface area is 397 Å². The molecule has 0 unspecified atom stereocenters. The molecule has 0 bridgehead atoms. The van der Waals surface area contributed by atoms with E-state index in [-0.39, 0.29) is 26.4 Å². The van der Waals surface area contributed by atoms with Gasteiger partial charge in [0.25, 0.3) is 0 Å². The predicted molar refractivity (Wildman–Crippen MR) is 282 cm³/mol. The van der Waals surface area contributed by atoms with Crippen LogP contribution in [0.15, 0.2) is 224 Å². The average Bonchev–Trinajstić information content (AvgIpc) is 3.40. The number of aliphatic hydroxyl groups is 2. The van der Waals surface area contributed by atoms with Gasteiger partial charge < -0.3 is 19.7 Å². The van der Waals surface area contributed by atoms with E-state index in [2.05, 4.69) is 231 Å². The molecule has 0 aliphatic carbocycles. The maximum absolute atomic E-state index is 10.4. The van der Waals surface area contributed by atoms with Crippen molar-refractivity contribution < 1.29 is 19.7 Å². The van der Waals surface area contributed by atoms with E-state index < -0.39 is 5.41 Å². The minimum atomic E-state index is -0.802. The van der Waals surface area contributed by atoms with E-state index in [0.717, 1.165) is 104 Å². The Hall–Kier alpha value is -8.02. The lowest BCUT2D eigenvalue weighted by Crippen LogP contribution is -2.26. The lowest BCUT2D eigenvalue weighted by Gasteiger charge is -2.35. The number of fused-ring (bicyclic) bond motifs is 4. The smallest absolute Gasteiger partial charge is 0.135 e. The minimum absolute atomic E-state index is 0.128. The van der Waals surface area contributed by atoms with E-state index in [1.54, 1.807) is 0 Å². The number of benzene rings is 11. The third-order valence-corrected chi connectivity index (χ3v) is 13.7. The van der Waals surface area contributed by atoms with Gasteiger partial charge in [-0.2, -0.15) is 0 Å². The van der Waals surface area contributed by atoms with Crippen LogP contribution in [0, 0.1) is 0 Å². The fourth-order valence-electron chi connectivity index (χ4n) is 10.4. The molecule has 0 atom stereocenters.